The van der Waals surface area contributed by atoms with Crippen LogP contribution in [0, 0.1) is 5.92 Å². The monoisotopic (exact) mass is 224 g/mol. The van der Waals surface area contributed by atoms with E-state index in [2.05, 4.69) is 10.1 Å². The zero-order valence-corrected chi connectivity index (χ0v) is 9.13. The van der Waals surface area contributed by atoms with E-state index in [-0.39, 0.29) is 18.5 Å². The lowest BCUT2D eigenvalue weighted by molar-refractivity contribution is -0.145. The highest BCUT2D eigenvalue weighted by molar-refractivity contribution is 5.68. The molecular weight excluding hydrogens is 208 g/mol. The van der Waals surface area contributed by atoms with Crippen molar-refractivity contribution in [1.29, 1.82) is 0 Å². The van der Waals surface area contributed by atoms with Gasteiger partial charge >= 0.3 is 5.97 Å². The molecule has 0 aliphatic heterocycles. The Kier molecular flexibility index (Phi) is 3.38. The molecule has 1 aliphatic rings. The fraction of sp³-hybridized carbons (Fsp3) is 0.700. The minimum Gasteiger partial charge on any atom is -0.464 e. The maximum atomic E-state index is 11.4. The van der Waals surface area contributed by atoms with Gasteiger partial charge in [-0.1, -0.05) is 19.3 Å². The topological polar surface area (TPSA) is 83.0 Å². The maximum Gasteiger partial charge on any atom is 0.327 e. The molecule has 1 heterocycles. The zero-order valence-electron chi connectivity index (χ0n) is 9.13. The van der Waals surface area contributed by atoms with E-state index in [9.17, 15) is 4.79 Å². The summed E-state index contributed by atoms with van der Waals surface area (Å²) in [5.74, 6) is 0.640. The minimum atomic E-state index is -0.288. The maximum absolute atomic E-state index is 11.4. The van der Waals surface area contributed by atoms with Crippen LogP contribution in [0.4, 0.5) is 5.95 Å². The Morgan fingerprint density at radius 3 is 3.00 bits per heavy atom. The number of carbonyl (C=O) groups is 1. The molecule has 0 radical (unpaired) electrons. The van der Waals surface area contributed by atoms with Crippen LogP contribution in [0.1, 0.15) is 25.7 Å². The smallest absolute Gasteiger partial charge is 0.327 e. The predicted molar refractivity (Wildman–Crippen MR) is 57.4 cm³/mol. The number of carbonyl (C=O) groups excluding carboxylic acids is 1. The number of hydrogen-bond acceptors (Lipinski definition) is 5. The third kappa shape index (κ3) is 2.95. The molecular formula is C10H16N4O2. The SMILES string of the molecule is Nc1ncn(CC(=O)OCCC2CCC2)n1. The van der Waals surface area contributed by atoms with Crippen LogP contribution in [0.15, 0.2) is 6.33 Å². The van der Waals surface area contributed by atoms with Crippen molar-refractivity contribution < 1.29 is 9.53 Å². The average Bonchev–Trinajstić information content (AvgIpc) is 2.56. The number of esters is 1. The van der Waals surface area contributed by atoms with E-state index < -0.39 is 0 Å². The molecule has 1 saturated carbocycles. The van der Waals surface area contributed by atoms with Crippen molar-refractivity contribution in [3.63, 3.8) is 0 Å². The number of nitrogens with zero attached hydrogens (tertiary/aromatic N) is 3. The number of rotatable bonds is 5. The van der Waals surface area contributed by atoms with Crippen molar-refractivity contribution in [2.45, 2.75) is 32.2 Å². The van der Waals surface area contributed by atoms with Crippen LogP contribution < -0.4 is 5.73 Å². The molecule has 0 unspecified atom stereocenters. The molecule has 0 atom stereocenters. The first kappa shape index (κ1) is 10.9. The molecule has 6 nitrogen and oxygen atoms in total. The second-order valence-electron chi connectivity index (χ2n) is 4.11. The predicted octanol–water partition coefficient (Wildman–Crippen LogP) is 0.594. The summed E-state index contributed by atoms with van der Waals surface area (Å²) < 4.78 is 6.47. The van der Waals surface area contributed by atoms with Gasteiger partial charge in [-0.2, -0.15) is 0 Å². The lowest BCUT2D eigenvalue weighted by Crippen LogP contribution is -2.18. The second kappa shape index (κ2) is 4.96. The first-order chi connectivity index (χ1) is 7.74. The summed E-state index contributed by atoms with van der Waals surface area (Å²) in [6.07, 6.45) is 6.26. The van der Waals surface area contributed by atoms with Gasteiger partial charge in [0.15, 0.2) is 0 Å². The molecule has 1 aliphatic carbocycles. The minimum absolute atomic E-state index is 0.0782. The van der Waals surface area contributed by atoms with Gasteiger partial charge < -0.3 is 10.5 Å². The highest BCUT2D eigenvalue weighted by Crippen LogP contribution is 2.29. The molecule has 1 aromatic rings. The molecule has 1 fully saturated rings. The van der Waals surface area contributed by atoms with Gasteiger partial charge in [0.25, 0.3) is 0 Å². The van der Waals surface area contributed by atoms with Gasteiger partial charge in [-0.3, -0.25) is 4.79 Å². The number of aromatic nitrogens is 3. The Hall–Kier alpha value is -1.59. The normalized spacial score (nSPS) is 15.8. The van der Waals surface area contributed by atoms with E-state index in [1.165, 1.54) is 30.3 Å². The average molecular weight is 224 g/mol. The summed E-state index contributed by atoms with van der Waals surface area (Å²) in [6.45, 7) is 0.586. The van der Waals surface area contributed by atoms with Crippen molar-refractivity contribution in [2.75, 3.05) is 12.3 Å². The van der Waals surface area contributed by atoms with E-state index in [1.54, 1.807) is 0 Å². The quantitative estimate of drug-likeness (QED) is 0.740. The van der Waals surface area contributed by atoms with Gasteiger partial charge in [0.2, 0.25) is 5.95 Å². The van der Waals surface area contributed by atoms with Crippen molar-refractivity contribution in [3.8, 4) is 0 Å². The number of anilines is 1. The van der Waals surface area contributed by atoms with Gasteiger partial charge in [0, 0.05) is 0 Å². The van der Waals surface area contributed by atoms with E-state index in [4.69, 9.17) is 10.5 Å². The van der Waals surface area contributed by atoms with Gasteiger partial charge in [-0.15, -0.1) is 5.10 Å². The van der Waals surface area contributed by atoms with Gasteiger partial charge in [-0.05, 0) is 12.3 Å². The fourth-order valence-corrected chi connectivity index (χ4v) is 1.68. The van der Waals surface area contributed by atoms with Crippen molar-refractivity contribution >= 4 is 11.9 Å². The number of nitrogen functional groups attached to an aromatic ring is 1. The first-order valence-electron chi connectivity index (χ1n) is 5.54. The van der Waals surface area contributed by atoms with Crippen LogP contribution in [0.3, 0.4) is 0 Å². The molecule has 88 valence electrons. The Morgan fingerprint density at radius 1 is 1.62 bits per heavy atom. The standard InChI is InChI=1S/C10H16N4O2/c11-10-12-7-14(13-10)6-9(15)16-5-4-8-2-1-3-8/h7-8H,1-6H2,(H2,11,13). The van der Waals surface area contributed by atoms with E-state index in [0.717, 1.165) is 12.3 Å². The summed E-state index contributed by atoms with van der Waals surface area (Å²) in [7, 11) is 0. The third-order valence-corrected chi connectivity index (χ3v) is 2.86. The molecule has 0 spiro atoms. The van der Waals surface area contributed by atoms with Crippen molar-refractivity contribution in [1.82, 2.24) is 14.8 Å². The van der Waals surface area contributed by atoms with Crippen LogP contribution in [0.25, 0.3) is 0 Å². The number of hydrogen-bond donors (Lipinski definition) is 1. The Morgan fingerprint density at radius 2 is 2.44 bits per heavy atom. The lowest BCUT2D eigenvalue weighted by Gasteiger charge is -2.24. The van der Waals surface area contributed by atoms with Gasteiger partial charge in [-0.25, -0.2) is 9.67 Å². The molecule has 2 rings (SSSR count). The van der Waals surface area contributed by atoms with Crippen LogP contribution in [0.2, 0.25) is 0 Å². The van der Waals surface area contributed by atoms with Crippen molar-refractivity contribution in [2.24, 2.45) is 5.92 Å². The van der Waals surface area contributed by atoms with E-state index >= 15 is 0 Å². The Bertz CT molecular complexity index is 359. The highest BCUT2D eigenvalue weighted by atomic mass is 16.5. The Balaban J connectivity index is 1.63. The summed E-state index contributed by atoms with van der Waals surface area (Å²) in [6, 6.07) is 0. The molecule has 1 aromatic heterocycles. The Labute approximate surface area is 93.8 Å². The summed E-state index contributed by atoms with van der Waals surface area (Å²) in [5.41, 5.74) is 5.32. The number of nitrogens with two attached hydrogens (primary N) is 1. The third-order valence-electron chi connectivity index (χ3n) is 2.86. The summed E-state index contributed by atoms with van der Waals surface area (Å²) >= 11 is 0. The van der Waals surface area contributed by atoms with Crippen molar-refractivity contribution in [3.05, 3.63) is 6.33 Å². The van der Waals surface area contributed by atoms with Gasteiger partial charge in [0.1, 0.15) is 12.9 Å². The fourth-order valence-electron chi connectivity index (χ4n) is 1.68. The number of ether oxygens (including phenoxy) is 1. The highest BCUT2D eigenvalue weighted by Gasteiger charge is 2.17. The molecule has 0 saturated heterocycles. The van der Waals surface area contributed by atoms with E-state index in [0.29, 0.717) is 6.61 Å². The van der Waals surface area contributed by atoms with Crippen LogP contribution in [-0.2, 0) is 16.1 Å². The molecule has 2 N–H and O–H groups in total. The summed E-state index contributed by atoms with van der Waals surface area (Å²) in [4.78, 5) is 15.1. The molecule has 0 aromatic carbocycles. The molecule has 6 heteroatoms. The lowest BCUT2D eigenvalue weighted by atomic mass is 9.83. The first-order valence-corrected chi connectivity index (χ1v) is 5.54. The van der Waals surface area contributed by atoms with E-state index in [1.807, 2.05) is 0 Å². The zero-order chi connectivity index (χ0) is 11.4. The molecule has 0 amide bonds. The van der Waals surface area contributed by atoms with Gasteiger partial charge in [0.05, 0.1) is 6.61 Å². The largest absolute Gasteiger partial charge is 0.464 e. The molecule has 0 bridgehead atoms. The summed E-state index contributed by atoms with van der Waals surface area (Å²) in [5, 5.41) is 3.80. The van der Waals surface area contributed by atoms with Crippen LogP contribution >= 0.6 is 0 Å². The molecule has 16 heavy (non-hydrogen) atoms. The van der Waals surface area contributed by atoms with Crippen LogP contribution in [0.5, 0.6) is 0 Å². The second-order valence-corrected chi connectivity index (χ2v) is 4.11. The van der Waals surface area contributed by atoms with Crippen LogP contribution in [-0.4, -0.2) is 27.3 Å².